The molecule has 2 aromatic heterocycles. The van der Waals surface area contributed by atoms with E-state index >= 15 is 0 Å². The first-order chi connectivity index (χ1) is 13.9. The zero-order chi connectivity index (χ0) is 20.6. The average molecular weight is 426 g/mol. The summed E-state index contributed by atoms with van der Waals surface area (Å²) in [6.07, 6.45) is 5.52. The van der Waals surface area contributed by atoms with E-state index < -0.39 is 22.1 Å². The fourth-order valence-corrected chi connectivity index (χ4v) is 6.54. The predicted molar refractivity (Wildman–Crippen MR) is 109 cm³/mol. The van der Waals surface area contributed by atoms with Gasteiger partial charge in [0.2, 0.25) is 10.0 Å². The Morgan fingerprint density at radius 2 is 2.03 bits per heavy atom. The molecule has 1 aliphatic heterocycles. The Hall–Kier alpha value is -1.78. The second-order valence-corrected chi connectivity index (χ2v) is 10.3. The van der Waals surface area contributed by atoms with Gasteiger partial charge in [0.1, 0.15) is 24.0 Å². The Morgan fingerprint density at radius 3 is 2.72 bits per heavy atom. The van der Waals surface area contributed by atoms with E-state index in [1.807, 2.05) is 19.3 Å². The highest BCUT2D eigenvalue weighted by Gasteiger charge is 2.40. The van der Waals surface area contributed by atoms with Crippen molar-refractivity contribution < 1.29 is 17.9 Å². The van der Waals surface area contributed by atoms with Crippen LogP contribution < -0.4 is 4.90 Å². The fraction of sp³-hybridized carbons (Fsp3) is 0.684. The molecule has 2 atom stereocenters. The van der Waals surface area contributed by atoms with Gasteiger partial charge in [-0.05, 0) is 37.7 Å². The Bertz CT molecular complexity index is 944. The normalized spacial score (nSPS) is 28.8. The molecule has 1 saturated carbocycles. The highest BCUT2D eigenvalue weighted by molar-refractivity contribution is 7.89. The molecule has 29 heavy (non-hydrogen) atoms. The van der Waals surface area contributed by atoms with Crippen LogP contribution >= 0.6 is 0 Å². The standard InChI is InChI=1S/C19H28FN5O3S/c1-24(19-16-6-7-21-18(16)22-12-23-19)15-4-2-13(3-5-15)11-29(27,28)25-8-14(10-26)17(20)9-25/h6-7,12-15,17,26H,2-5,8-11H2,1H3,(H,21,22,23)/t13?,14-,15?,17+/m1/s1. The molecule has 0 radical (unpaired) electrons. The number of fused-ring (bicyclic) bond motifs is 1. The minimum Gasteiger partial charge on any atom is -0.396 e. The first-order valence-electron chi connectivity index (χ1n) is 10.1. The summed E-state index contributed by atoms with van der Waals surface area (Å²) < 4.78 is 40.5. The van der Waals surface area contributed by atoms with Gasteiger partial charge in [0.05, 0.1) is 11.1 Å². The van der Waals surface area contributed by atoms with Crippen LogP contribution in [-0.4, -0.2) is 77.5 Å². The van der Waals surface area contributed by atoms with Crippen LogP contribution in [0, 0.1) is 11.8 Å². The van der Waals surface area contributed by atoms with Crippen molar-refractivity contribution in [3.05, 3.63) is 18.6 Å². The Morgan fingerprint density at radius 1 is 1.28 bits per heavy atom. The average Bonchev–Trinajstić information content (AvgIpc) is 3.34. The lowest BCUT2D eigenvalue weighted by Gasteiger charge is -2.35. The summed E-state index contributed by atoms with van der Waals surface area (Å²) in [4.78, 5) is 13.9. The van der Waals surface area contributed by atoms with Gasteiger partial charge in [-0.1, -0.05) is 0 Å². The Balaban J connectivity index is 1.35. The van der Waals surface area contributed by atoms with Gasteiger partial charge in [0.15, 0.2) is 0 Å². The number of nitrogens with zero attached hydrogens (tertiary/aromatic N) is 4. The molecular formula is C19H28FN5O3S. The number of aliphatic hydroxyl groups is 1. The van der Waals surface area contributed by atoms with Crippen LogP contribution in [-0.2, 0) is 10.0 Å². The fourth-order valence-electron chi connectivity index (χ4n) is 4.61. The van der Waals surface area contributed by atoms with Crippen LogP contribution in [0.25, 0.3) is 11.0 Å². The second-order valence-electron chi connectivity index (χ2n) is 8.28. The van der Waals surface area contributed by atoms with E-state index in [1.54, 1.807) is 6.33 Å². The SMILES string of the molecule is CN(c1ncnc2[nH]ccc12)C1CCC(CS(=O)(=O)N2C[C@H](CO)[C@@H](F)C2)CC1. The summed E-state index contributed by atoms with van der Waals surface area (Å²) in [7, 11) is -1.48. The van der Waals surface area contributed by atoms with Crippen LogP contribution in [0.15, 0.2) is 18.6 Å². The Labute approximate surface area is 170 Å². The first kappa shape index (κ1) is 20.5. The summed E-state index contributed by atoms with van der Waals surface area (Å²) in [5.74, 6) is 0.415. The number of aliphatic hydroxyl groups excluding tert-OH is 1. The summed E-state index contributed by atoms with van der Waals surface area (Å²) in [6.45, 7) is -0.368. The van der Waals surface area contributed by atoms with Crippen LogP contribution in [0.1, 0.15) is 25.7 Å². The van der Waals surface area contributed by atoms with E-state index in [9.17, 15) is 17.9 Å². The molecular weight excluding hydrogens is 397 g/mol. The van der Waals surface area contributed by atoms with E-state index in [2.05, 4.69) is 19.9 Å². The van der Waals surface area contributed by atoms with Crippen LogP contribution in [0.2, 0.25) is 0 Å². The lowest BCUT2D eigenvalue weighted by atomic mass is 9.86. The minimum atomic E-state index is -3.50. The van der Waals surface area contributed by atoms with Gasteiger partial charge in [0, 0.05) is 44.9 Å². The summed E-state index contributed by atoms with van der Waals surface area (Å²) >= 11 is 0. The molecule has 4 rings (SSSR count). The maximum Gasteiger partial charge on any atom is 0.214 e. The summed E-state index contributed by atoms with van der Waals surface area (Å²) in [5, 5.41) is 10.2. The molecule has 0 spiro atoms. The van der Waals surface area contributed by atoms with Crippen molar-refractivity contribution in [1.82, 2.24) is 19.3 Å². The maximum atomic E-state index is 13.9. The highest BCUT2D eigenvalue weighted by Crippen LogP contribution is 2.33. The number of hydrogen-bond donors (Lipinski definition) is 2. The van der Waals surface area contributed by atoms with Crippen LogP contribution in [0.5, 0.6) is 0 Å². The number of nitrogens with one attached hydrogen (secondary N) is 1. The van der Waals surface area contributed by atoms with Crippen LogP contribution in [0.3, 0.4) is 0 Å². The van der Waals surface area contributed by atoms with Crippen molar-refractivity contribution in [1.29, 1.82) is 0 Å². The number of halogens is 1. The maximum absolute atomic E-state index is 13.9. The van der Waals surface area contributed by atoms with E-state index in [0.717, 1.165) is 42.5 Å². The second kappa shape index (κ2) is 8.16. The third-order valence-corrected chi connectivity index (χ3v) is 8.41. The van der Waals surface area contributed by atoms with Crippen LogP contribution in [0.4, 0.5) is 10.2 Å². The molecule has 0 bridgehead atoms. The molecule has 3 heterocycles. The number of sulfonamides is 1. The molecule has 2 aliphatic rings. The van der Waals surface area contributed by atoms with Gasteiger partial charge in [-0.3, -0.25) is 0 Å². The third-order valence-electron chi connectivity index (χ3n) is 6.43. The topological polar surface area (TPSA) is 102 Å². The van der Waals surface area contributed by atoms with Crippen molar-refractivity contribution in [2.24, 2.45) is 11.8 Å². The molecule has 0 unspecified atom stereocenters. The molecule has 2 aromatic rings. The number of alkyl halides is 1. The monoisotopic (exact) mass is 425 g/mol. The van der Waals surface area contributed by atoms with Gasteiger partial charge in [-0.15, -0.1) is 0 Å². The zero-order valence-corrected chi connectivity index (χ0v) is 17.4. The van der Waals surface area contributed by atoms with Gasteiger partial charge in [-0.2, -0.15) is 4.31 Å². The highest BCUT2D eigenvalue weighted by atomic mass is 32.2. The van der Waals surface area contributed by atoms with Crippen molar-refractivity contribution >= 4 is 26.9 Å². The molecule has 2 fully saturated rings. The summed E-state index contributed by atoms with van der Waals surface area (Å²) in [5.41, 5.74) is 0.805. The molecule has 1 saturated heterocycles. The largest absolute Gasteiger partial charge is 0.396 e. The van der Waals surface area contributed by atoms with Gasteiger partial charge >= 0.3 is 0 Å². The number of H-pyrrole nitrogens is 1. The lowest BCUT2D eigenvalue weighted by Crippen LogP contribution is -2.39. The number of aromatic nitrogens is 3. The molecule has 2 N–H and O–H groups in total. The quantitative estimate of drug-likeness (QED) is 0.728. The van der Waals surface area contributed by atoms with Crippen molar-refractivity contribution in [3.63, 3.8) is 0 Å². The predicted octanol–water partition coefficient (Wildman–Crippen LogP) is 1.54. The third kappa shape index (κ3) is 4.10. The molecule has 8 nitrogen and oxygen atoms in total. The molecule has 1 aliphatic carbocycles. The van der Waals surface area contributed by atoms with Gasteiger partial charge in [0.25, 0.3) is 0 Å². The van der Waals surface area contributed by atoms with E-state index in [-0.39, 0.29) is 31.4 Å². The molecule has 10 heteroatoms. The van der Waals surface area contributed by atoms with Crippen molar-refractivity contribution in [3.8, 4) is 0 Å². The van der Waals surface area contributed by atoms with Crippen molar-refractivity contribution in [2.75, 3.05) is 37.4 Å². The smallest absolute Gasteiger partial charge is 0.214 e. The molecule has 160 valence electrons. The molecule has 0 aromatic carbocycles. The van der Waals surface area contributed by atoms with Gasteiger partial charge < -0.3 is 15.0 Å². The minimum absolute atomic E-state index is 0.0594. The first-order valence-corrected chi connectivity index (χ1v) is 11.7. The molecule has 0 amide bonds. The zero-order valence-electron chi connectivity index (χ0n) is 16.5. The van der Waals surface area contributed by atoms with Gasteiger partial charge in [-0.25, -0.2) is 22.8 Å². The van der Waals surface area contributed by atoms with E-state index in [4.69, 9.17) is 0 Å². The number of hydrogen-bond acceptors (Lipinski definition) is 6. The lowest BCUT2D eigenvalue weighted by molar-refractivity contribution is 0.175. The number of rotatable bonds is 6. The summed E-state index contributed by atoms with van der Waals surface area (Å²) in [6, 6.07) is 2.26. The van der Waals surface area contributed by atoms with E-state index in [1.165, 1.54) is 4.31 Å². The van der Waals surface area contributed by atoms with Crippen molar-refractivity contribution in [2.45, 2.75) is 37.9 Å². The number of aromatic amines is 1. The Kier molecular flexibility index (Phi) is 5.76. The van der Waals surface area contributed by atoms with E-state index in [0.29, 0.717) is 6.04 Å². The number of anilines is 1.